The fraction of sp³-hybridized carbons (Fsp3) is 0.0270. The van der Waals surface area contributed by atoms with Crippen molar-refractivity contribution in [2.24, 2.45) is 0 Å². The van der Waals surface area contributed by atoms with Crippen molar-refractivity contribution in [3.63, 3.8) is 0 Å². The molecule has 0 atom stereocenters. The number of nitrogens with zero attached hydrogens (tertiary/aromatic N) is 1. The zero-order chi connectivity index (χ0) is 26.2. The van der Waals surface area contributed by atoms with Crippen LogP contribution in [0.25, 0.3) is 44.1 Å². The van der Waals surface area contributed by atoms with E-state index in [2.05, 4.69) is 162 Å². The molecule has 0 saturated heterocycles. The third-order valence-corrected chi connectivity index (χ3v) is 7.46. The zero-order valence-corrected chi connectivity index (χ0v) is 21.8. The molecular formula is C37H28N2. The van der Waals surface area contributed by atoms with E-state index in [0.717, 1.165) is 22.6 Å². The molecule has 2 heteroatoms. The number of fused-ring (bicyclic) bond motifs is 3. The van der Waals surface area contributed by atoms with Gasteiger partial charge >= 0.3 is 0 Å². The maximum Gasteiger partial charge on any atom is 0.0471 e. The molecule has 39 heavy (non-hydrogen) atoms. The predicted molar refractivity (Wildman–Crippen MR) is 166 cm³/mol. The third kappa shape index (κ3) is 4.17. The molecule has 0 aliphatic heterocycles. The number of hydrogen-bond acceptors (Lipinski definition) is 1. The van der Waals surface area contributed by atoms with Crippen LogP contribution in [0.1, 0.15) is 5.56 Å². The van der Waals surface area contributed by atoms with Crippen molar-refractivity contribution >= 4 is 38.9 Å². The van der Waals surface area contributed by atoms with E-state index < -0.39 is 0 Å². The standard InChI is InChI=1S/C37H28N2/c1-26-11-9-14-30(25-26)39(28-12-3-2-4-13-28)29-23-21-27(22-24-29)31-15-5-6-16-32(31)33-18-10-20-36-37(33)34-17-7-8-19-35(34)38-36/h2-25,38H,1H3. The fourth-order valence-corrected chi connectivity index (χ4v) is 5.68. The largest absolute Gasteiger partial charge is 0.354 e. The van der Waals surface area contributed by atoms with E-state index in [9.17, 15) is 0 Å². The molecule has 0 aliphatic carbocycles. The molecule has 0 amide bonds. The second kappa shape index (κ2) is 9.66. The fourth-order valence-electron chi connectivity index (χ4n) is 5.68. The normalized spacial score (nSPS) is 11.2. The van der Waals surface area contributed by atoms with E-state index in [1.54, 1.807) is 0 Å². The average Bonchev–Trinajstić information content (AvgIpc) is 3.37. The van der Waals surface area contributed by atoms with Crippen molar-refractivity contribution in [2.45, 2.75) is 6.92 Å². The molecule has 2 nitrogen and oxygen atoms in total. The van der Waals surface area contributed by atoms with Crippen molar-refractivity contribution in [1.82, 2.24) is 4.98 Å². The topological polar surface area (TPSA) is 19.0 Å². The first kappa shape index (κ1) is 23.1. The molecule has 0 bridgehead atoms. The number of benzene rings is 6. The Balaban J connectivity index is 1.34. The van der Waals surface area contributed by atoms with E-state index in [4.69, 9.17) is 0 Å². The quantitative estimate of drug-likeness (QED) is 0.249. The maximum absolute atomic E-state index is 3.60. The van der Waals surface area contributed by atoms with Gasteiger partial charge in [-0.15, -0.1) is 0 Å². The number of H-pyrrole nitrogens is 1. The number of rotatable bonds is 5. The molecule has 0 spiro atoms. The second-order valence-electron chi connectivity index (χ2n) is 10.0. The Bertz CT molecular complexity index is 1910. The molecule has 0 unspecified atom stereocenters. The summed E-state index contributed by atoms with van der Waals surface area (Å²) in [5.41, 5.74) is 11.9. The summed E-state index contributed by atoms with van der Waals surface area (Å²) in [6.45, 7) is 2.14. The molecule has 1 aromatic heterocycles. The Morgan fingerprint density at radius 3 is 1.90 bits per heavy atom. The van der Waals surface area contributed by atoms with Crippen LogP contribution in [-0.2, 0) is 0 Å². The third-order valence-electron chi connectivity index (χ3n) is 7.46. The van der Waals surface area contributed by atoms with E-state index in [1.807, 2.05) is 0 Å². The molecule has 0 saturated carbocycles. The minimum absolute atomic E-state index is 1.13. The van der Waals surface area contributed by atoms with E-state index in [1.165, 1.54) is 44.1 Å². The van der Waals surface area contributed by atoms with Gasteiger partial charge < -0.3 is 9.88 Å². The van der Waals surface area contributed by atoms with Gasteiger partial charge in [-0.2, -0.15) is 0 Å². The van der Waals surface area contributed by atoms with E-state index in [-0.39, 0.29) is 0 Å². The number of para-hydroxylation sites is 2. The van der Waals surface area contributed by atoms with Crippen LogP contribution in [0.4, 0.5) is 17.1 Å². The molecule has 1 heterocycles. The minimum atomic E-state index is 1.13. The van der Waals surface area contributed by atoms with Gasteiger partial charge in [-0.25, -0.2) is 0 Å². The lowest BCUT2D eigenvalue weighted by Crippen LogP contribution is -2.09. The van der Waals surface area contributed by atoms with Crippen LogP contribution in [0, 0.1) is 6.92 Å². The van der Waals surface area contributed by atoms with Gasteiger partial charge in [0.15, 0.2) is 0 Å². The van der Waals surface area contributed by atoms with Crippen LogP contribution in [0.2, 0.25) is 0 Å². The van der Waals surface area contributed by atoms with Crippen molar-refractivity contribution in [2.75, 3.05) is 4.90 Å². The Morgan fingerprint density at radius 2 is 1.08 bits per heavy atom. The summed E-state index contributed by atoms with van der Waals surface area (Å²) >= 11 is 0. The smallest absolute Gasteiger partial charge is 0.0471 e. The highest BCUT2D eigenvalue weighted by Crippen LogP contribution is 2.41. The van der Waals surface area contributed by atoms with Crippen LogP contribution in [0.5, 0.6) is 0 Å². The summed E-state index contributed by atoms with van der Waals surface area (Å²) in [6, 6.07) is 52.0. The average molecular weight is 501 g/mol. The van der Waals surface area contributed by atoms with Crippen LogP contribution < -0.4 is 4.90 Å². The molecule has 0 aliphatic rings. The molecule has 186 valence electrons. The van der Waals surface area contributed by atoms with Crippen molar-refractivity contribution in [3.8, 4) is 22.3 Å². The summed E-state index contributed by atoms with van der Waals surface area (Å²) in [5.74, 6) is 0. The van der Waals surface area contributed by atoms with Crippen molar-refractivity contribution < 1.29 is 0 Å². The van der Waals surface area contributed by atoms with Crippen LogP contribution in [0.15, 0.2) is 146 Å². The predicted octanol–water partition coefficient (Wildman–Crippen LogP) is 10.4. The molecule has 0 fully saturated rings. The highest BCUT2D eigenvalue weighted by atomic mass is 15.1. The molecule has 7 rings (SSSR count). The van der Waals surface area contributed by atoms with Gasteiger partial charge in [0.2, 0.25) is 0 Å². The Labute approximate surface area is 228 Å². The van der Waals surface area contributed by atoms with Crippen molar-refractivity contribution in [1.29, 1.82) is 0 Å². The van der Waals surface area contributed by atoms with Gasteiger partial charge in [0, 0.05) is 38.9 Å². The van der Waals surface area contributed by atoms with Gasteiger partial charge in [-0.05, 0) is 83.3 Å². The van der Waals surface area contributed by atoms with Crippen LogP contribution >= 0.6 is 0 Å². The van der Waals surface area contributed by atoms with Gasteiger partial charge in [0.1, 0.15) is 0 Å². The Morgan fingerprint density at radius 1 is 0.462 bits per heavy atom. The number of aryl methyl sites for hydroxylation is 1. The molecule has 6 aromatic carbocycles. The van der Waals surface area contributed by atoms with Crippen LogP contribution in [-0.4, -0.2) is 4.98 Å². The van der Waals surface area contributed by atoms with Gasteiger partial charge in [0.25, 0.3) is 0 Å². The summed E-state index contributed by atoms with van der Waals surface area (Å²) in [4.78, 5) is 5.91. The highest BCUT2D eigenvalue weighted by Gasteiger charge is 2.16. The second-order valence-corrected chi connectivity index (χ2v) is 10.0. The Kier molecular flexibility index (Phi) is 5.71. The molecule has 0 radical (unpaired) electrons. The van der Waals surface area contributed by atoms with Crippen molar-refractivity contribution in [3.05, 3.63) is 151 Å². The summed E-state index contributed by atoms with van der Waals surface area (Å²) in [7, 11) is 0. The monoisotopic (exact) mass is 500 g/mol. The number of nitrogens with one attached hydrogen (secondary N) is 1. The van der Waals surface area contributed by atoms with Gasteiger partial charge in [0.05, 0.1) is 0 Å². The lowest BCUT2D eigenvalue weighted by Gasteiger charge is -2.26. The van der Waals surface area contributed by atoms with Gasteiger partial charge in [-0.3, -0.25) is 0 Å². The minimum Gasteiger partial charge on any atom is -0.354 e. The number of aromatic amines is 1. The maximum atomic E-state index is 3.60. The summed E-state index contributed by atoms with van der Waals surface area (Å²) in [6.07, 6.45) is 0. The lowest BCUT2D eigenvalue weighted by molar-refractivity contribution is 1.27. The molecular weight excluding hydrogens is 472 g/mol. The summed E-state index contributed by atoms with van der Waals surface area (Å²) < 4.78 is 0. The SMILES string of the molecule is Cc1cccc(N(c2ccccc2)c2ccc(-c3ccccc3-c3cccc4[nH]c5ccccc5c34)cc2)c1. The highest BCUT2D eigenvalue weighted by molar-refractivity contribution is 6.15. The molecule has 7 aromatic rings. The zero-order valence-electron chi connectivity index (χ0n) is 21.8. The molecule has 1 N–H and O–H groups in total. The van der Waals surface area contributed by atoms with E-state index in [0.29, 0.717) is 0 Å². The van der Waals surface area contributed by atoms with Gasteiger partial charge in [-0.1, -0.05) is 97.1 Å². The first-order chi connectivity index (χ1) is 19.3. The summed E-state index contributed by atoms with van der Waals surface area (Å²) in [5, 5.41) is 2.52. The number of anilines is 3. The van der Waals surface area contributed by atoms with E-state index >= 15 is 0 Å². The first-order valence-corrected chi connectivity index (χ1v) is 13.4. The number of aromatic nitrogens is 1. The first-order valence-electron chi connectivity index (χ1n) is 13.4. The Hall–Kier alpha value is -5.08. The lowest BCUT2D eigenvalue weighted by atomic mass is 9.92. The number of hydrogen-bond donors (Lipinski definition) is 1. The van der Waals surface area contributed by atoms with Crippen LogP contribution in [0.3, 0.4) is 0 Å².